The Balaban J connectivity index is 1.10. The molecule has 0 saturated carbocycles. The maximum absolute atomic E-state index is 14.1. The second kappa shape index (κ2) is 7.58. The number of amides is 3. The second-order valence-electron chi connectivity index (χ2n) is 9.35. The van der Waals surface area contributed by atoms with E-state index in [1.54, 1.807) is 9.80 Å². The van der Waals surface area contributed by atoms with Gasteiger partial charge in [0.05, 0.1) is 17.7 Å². The molecule has 3 amide bonds. The minimum Gasteiger partial charge on any atom is -0.366 e. The number of fused-ring (bicyclic) bond motifs is 1. The molecule has 0 aliphatic carbocycles. The summed E-state index contributed by atoms with van der Waals surface area (Å²) in [5.74, 6) is -1.02. The van der Waals surface area contributed by atoms with Crippen LogP contribution in [0, 0.1) is 11.2 Å². The van der Waals surface area contributed by atoms with Crippen molar-refractivity contribution in [2.75, 3.05) is 45.9 Å². The molecular formula is C21H24F4N4O3. The van der Waals surface area contributed by atoms with E-state index in [9.17, 15) is 27.2 Å². The Bertz CT molecular complexity index is 926. The largest absolute Gasteiger partial charge is 0.416 e. The summed E-state index contributed by atoms with van der Waals surface area (Å²) in [5, 5.41) is 2.89. The Labute approximate surface area is 182 Å². The van der Waals surface area contributed by atoms with E-state index in [1.165, 1.54) is 6.07 Å². The van der Waals surface area contributed by atoms with Crippen molar-refractivity contribution in [3.63, 3.8) is 0 Å². The van der Waals surface area contributed by atoms with Gasteiger partial charge >= 0.3 is 12.2 Å². The third kappa shape index (κ3) is 3.92. The van der Waals surface area contributed by atoms with Gasteiger partial charge in [0.2, 0.25) is 5.91 Å². The standard InChI is InChI=1S/C21H24F4N4O3/c22-15-5-14(21(23,24)25)2-1-13(15)6-27-9-20(10-27)11-29(12-20)19(31)28-4-3-17-16(7-28)26-18(30)8-32-17/h1-2,5,16-17H,3-4,6-12H2,(H,26,30)/t16-,17+/m1/s1. The number of nitrogens with zero attached hydrogens (tertiary/aromatic N) is 3. The van der Waals surface area contributed by atoms with E-state index in [-0.39, 0.29) is 48.2 Å². The fourth-order valence-electron chi connectivity index (χ4n) is 5.28. The molecule has 1 aromatic carbocycles. The van der Waals surface area contributed by atoms with Crippen LogP contribution in [0.5, 0.6) is 0 Å². The van der Waals surface area contributed by atoms with Crippen molar-refractivity contribution < 1.29 is 31.9 Å². The highest BCUT2D eigenvalue weighted by Crippen LogP contribution is 2.41. The molecule has 7 nitrogen and oxygen atoms in total. The number of urea groups is 1. The SMILES string of the molecule is O=C1CO[C@H]2CCN(C(=O)N3CC4(CN(Cc5ccc(C(F)(F)F)cc5F)C4)C3)C[C@H]2N1. The average molecular weight is 456 g/mol. The highest BCUT2D eigenvalue weighted by molar-refractivity contribution is 5.79. The van der Waals surface area contributed by atoms with Crippen LogP contribution in [-0.4, -0.2) is 84.7 Å². The fourth-order valence-corrected chi connectivity index (χ4v) is 5.28. The zero-order chi connectivity index (χ0) is 22.7. The van der Waals surface area contributed by atoms with Gasteiger partial charge in [0, 0.05) is 56.8 Å². The van der Waals surface area contributed by atoms with Gasteiger partial charge in [-0.25, -0.2) is 9.18 Å². The van der Waals surface area contributed by atoms with Gasteiger partial charge in [-0.15, -0.1) is 0 Å². The molecule has 1 aromatic rings. The van der Waals surface area contributed by atoms with Crippen LogP contribution in [0.15, 0.2) is 18.2 Å². The molecule has 4 fully saturated rings. The molecule has 1 N–H and O–H groups in total. The molecule has 0 unspecified atom stereocenters. The van der Waals surface area contributed by atoms with Gasteiger partial charge in [-0.1, -0.05) is 6.07 Å². The van der Waals surface area contributed by atoms with E-state index in [2.05, 4.69) is 5.32 Å². The maximum Gasteiger partial charge on any atom is 0.416 e. The van der Waals surface area contributed by atoms with E-state index in [0.717, 1.165) is 6.07 Å². The number of halogens is 4. The average Bonchev–Trinajstić information content (AvgIpc) is 2.68. The summed E-state index contributed by atoms with van der Waals surface area (Å²) in [7, 11) is 0. The number of alkyl halides is 3. The van der Waals surface area contributed by atoms with Crippen LogP contribution >= 0.6 is 0 Å². The molecule has 0 aromatic heterocycles. The molecule has 4 saturated heterocycles. The third-order valence-electron chi connectivity index (χ3n) is 6.81. The van der Waals surface area contributed by atoms with Gasteiger partial charge in [-0.05, 0) is 18.6 Å². The summed E-state index contributed by atoms with van der Waals surface area (Å²) in [6.45, 7) is 3.87. The first-order chi connectivity index (χ1) is 15.1. The highest BCUT2D eigenvalue weighted by atomic mass is 19.4. The molecule has 0 radical (unpaired) electrons. The van der Waals surface area contributed by atoms with Crippen LogP contribution in [0.25, 0.3) is 0 Å². The smallest absolute Gasteiger partial charge is 0.366 e. The summed E-state index contributed by atoms with van der Waals surface area (Å²) in [5.41, 5.74) is -0.784. The van der Waals surface area contributed by atoms with Crippen molar-refractivity contribution in [1.82, 2.24) is 20.0 Å². The molecule has 4 heterocycles. The minimum absolute atomic E-state index is 0.0292. The van der Waals surface area contributed by atoms with Gasteiger partial charge in [0.1, 0.15) is 12.4 Å². The number of hydrogen-bond acceptors (Lipinski definition) is 4. The summed E-state index contributed by atoms with van der Waals surface area (Å²) < 4.78 is 57.7. The number of carbonyl (C=O) groups excluding carboxylic acids is 2. The van der Waals surface area contributed by atoms with E-state index in [0.29, 0.717) is 51.8 Å². The number of hydrogen-bond donors (Lipinski definition) is 1. The van der Waals surface area contributed by atoms with Crippen LogP contribution in [0.2, 0.25) is 0 Å². The Hall–Kier alpha value is -2.40. The van der Waals surface area contributed by atoms with Crippen molar-refractivity contribution in [3.8, 4) is 0 Å². The fraction of sp³-hybridized carbons (Fsp3) is 0.619. The van der Waals surface area contributed by atoms with E-state index >= 15 is 0 Å². The van der Waals surface area contributed by atoms with Crippen molar-refractivity contribution in [1.29, 1.82) is 0 Å². The quantitative estimate of drug-likeness (QED) is 0.688. The molecule has 4 aliphatic heterocycles. The van der Waals surface area contributed by atoms with Crippen molar-refractivity contribution in [3.05, 3.63) is 35.1 Å². The molecule has 0 bridgehead atoms. The van der Waals surface area contributed by atoms with Gasteiger partial charge in [-0.2, -0.15) is 13.2 Å². The number of piperidine rings is 1. The van der Waals surface area contributed by atoms with Crippen LogP contribution < -0.4 is 5.32 Å². The van der Waals surface area contributed by atoms with Crippen LogP contribution in [0.4, 0.5) is 22.4 Å². The molecule has 32 heavy (non-hydrogen) atoms. The summed E-state index contributed by atoms with van der Waals surface area (Å²) in [4.78, 5) is 29.9. The minimum atomic E-state index is -4.56. The van der Waals surface area contributed by atoms with Gasteiger partial charge < -0.3 is 19.9 Å². The number of likely N-dealkylation sites (tertiary alicyclic amines) is 3. The van der Waals surface area contributed by atoms with Crippen molar-refractivity contribution in [2.45, 2.75) is 31.3 Å². The number of rotatable bonds is 2. The van der Waals surface area contributed by atoms with Gasteiger partial charge in [0.25, 0.3) is 0 Å². The third-order valence-corrected chi connectivity index (χ3v) is 6.81. The Kier molecular flexibility index (Phi) is 5.08. The normalized spacial score (nSPS) is 27.4. The van der Waals surface area contributed by atoms with Gasteiger partial charge in [-0.3, -0.25) is 9.69 Å². The molecule has 5 rings (SSSR count). The molecule has 1 spiro atoms. The maximum atomic E-state index is 14.1. The molecule has 2 atom stereocenters. The lowest BCUT2D eigenvalue weighted by Crippen LogP contribution is -2.74. The molecular weight excluding hydrogens is 432 g/mol. The van der Waals surface area contributed by atoms with E-state index in [4.69, 9.17) is 4.74 Å². The van der Waals surface area contributed by atoms with Crippen molar-refractivity contribution >= 4 is 11.9 Å². The predicted octanol–water partition coefficient (Wildman–Crippen LogP) is 1.67. The Morgan fingerprint density at radius 1 is 1.19 bits per heavy atom. The Morgan fingerprint density at radius 3 is 2.62 bits per heavy atom. The lowest BCUT2D eigenvalue weighted by Gasteiger charge is -2.61. The predicted molar refractivity (Wildman–Crippen MR) is 104 cm³/mol. The first-order valence-corrected chi connectivity index (χ1v) is 10.6. The molecule has 174 valence electrons. The molecule has 4 aliphatic rings. The monoisotopic (exact) mass is 456 g/mol. The highest BCUT2D eigenvalue weighted by Gasteiger charge is 2.54. The number of carbonyl (C=O) groups is 2. The number of ether oxygens (including phenoxy) is 1. The summed E-state index contributed by atoms with van der Waals surface area (Å²) in [6, 6.07) is 2.40. The second-order valence-corrected chi connectivity index (χ2v) is 9.35. The molecule has 11 heteroatoms. The first kappa shape index (κ1) is 21.4. The number of nitrogens with one attached hydrogen (secondary N) is 1. The van der Waals surface area contributed by atoms with Gasteiger partial charge in [0.15, 0.2) is 0 Å². The number of benzene rings is 1. The number of morpholine rings is 1. The lowest BCUT2D eigenvalue weighted by molar-refractivity contribution is -0.140. The Morgan fingerprint density at radius 2 is 1.94 bits per heavy atom. The topological polar surface area (TPSA) is 65.1 Å². The van der Waals surface area contributed by atoms with E-state index in [1.807, 2.05) is 4.90 Å². The lowest BCUT2D eigenvalue weighted by atomic mass is 9.73. The van der Waals surface area contributed by atoms with E-state index < -0.39 is 17.6 Å². The van der Waals surface area contributed by atoms with Crippen LogP contribution in [0.3, 0.4) is 0 Å². The zero-order valence-corrected chi connectivity index (χ0v) is 17.3. The zero-order valence-electron chi connectivity index (χ0n) is 17.3. The first-order valence-electron chi connectivity index (χ1n) is 10.6. The summed E-state index contributed by atoms with van der Waals surface area (Å²) >= 11 is 0. The van der Waals surface area contributed by atoms with Crippen LogP contribution in [0.1, 0.15) is 17.5 Å². The van der Waals surface area contributed by atoms with Crippen molar-refractivity contribution in [2.24, 2.45) is 5.41 Å². The van der Waals surface area contributed by atoms with Crippen LogP contribution in [-0.2, 0) is 22.3 Å². The summed E-state index contributed by atoms with van der Waals surface area (Å²) in [6.07, 6.45) is -3.93.